The number of carbonyl (C=O) groups excluding carboxylic acids is 1. The molecule has 0 aliphatic carbocycles. The highest BCUT2D eigenvalue weighted by molar-refractivity contribution is 9.10. The van der Waals surface area contributed by atoms with Crippen molar-refractivity contribution in [2.75, 3.05) is 7.11 Å². The number of rotatable bonds is 7. The maximum absolute atomic E-state index is 12.1. The molecule has 0 N–H and O–H groups in total. The fourth-order valence-corrected chi connectivity index (χ4v) is 4.63. The molecule has 3 nitrogen and oxygen atoms in total. The standard InChI is InChI=1S/C16H23BrO3Si/c1-6-12-21(4,5)20-14(13-10-8-7-9-11-13)16(2,17)15(18)19-3/h6-11,14H,1,12H2,2-5H3/t14-,16?/m0/s1. The second-order valence-corrected chi connectivity index (χ2v) is 11.5. The number of alkyl halides is 1. The zero-order valence-electron chi connectivity index (χ0n) is 13.1. The van der Waals surface area contributed by atoms with Crippen LogP contribution in [0.15, 0.2) is 43.0 Å². The molecule has 116 valence electrons. The Balaban J connectivity index is 3.18. The van der Waals surface area contributed by atoms with Crippen LogP contribution in [-0.4, -0.2) is 25.7 Å². The van der Waals surface area contributed by atoms with Crippen LogP contribution in [0.1, 0.15) is 18.6 Å². The van der Waals surface area contributed by atoms with E-state index in [4.69, 9.17) is 9.16 Å². The quantitative estimate of drug-likeness (QED) is 0.307. The van der Waals surface area contributed by atoms with Gasteiger partial charge in [-0.1, -0.05) is 52.3 Å². The van der Waals surface area contributed by atoms with Crippen LogP contribution in [-0.2, 0) is 14.0 Å². The van der Waals surface area contributed by atoms with Crippen LogP contribution in [0.5, 0.6) is 0 Å². The van der Waals surface area contributed by atoms with Crippen molar-refractivity contribution in [3.05, 3.63) is 48.6 Å². The summed E-state index contributed by atoms with van der Waals surface area (Å²) in [6.45, 7) is 9.81. The van der Waals surface area contributed by atoms with E-state index in [1.165, 1.54) is 7.11 Å². The third-order valence-electron chi connectivity index (χ3n) is 3.25. The van der Waals surface area contributed by atoms with Gasteiger partial charge in [0.15, 0.2) is 8.32 Å². The average molecular weight is 371 g/mol. The molecule has 2 atom stereocenters. The Bertz CT molecular complexity index is 486. The molecule has 0 aliphatic heterocycles. The van der Waals surface area contributed by atoms with E-state index in [1.807, 2.05) is 36.4 Å². The topological polar surface area (TPSA) is 35.5 Å². The van der Waals surface area contributed by atoms with Gasteiger partial charge in [0.2, 0.25) is 0 Å². The molecule has 0 aromatic heterocycles. The molecule has 21 heavy (non-hydrogen) atoms. The summed E-state index contributed by atoms with van der Waals surface area (Å²) in [7, 11) is -0.588. The van der Waals surface area contributed by atoms with E-state index in [9.17, 15) is 4.79 Å². The zero-order chi connectivity index (χ0) is 16.1. The summed E-state index contributed by atoms with van der Waals surface area (Å²) in [4.78, 5) is 12.1. The normalized spacial score (nSPS) is 15.9. The van der Waals surface area contributed by atoms with Gasteiger partial charge in [0, 0.05) is 0 Å². The van der Waals surface area contributed by atoms with Gasteiger partial charge in [-0.15, -0.1) is 6.58 Å². The summed E-state index contributed by atoms with van der Waals surface area (Å²) in [6.07, 6.45) is 1.46. The molecule has 0 heterocycles. The van der Waals surface area contributed by atoms with Gasteiger partial charge in [0.05, 0.1) is 13.2 Å². The summed E-state index contributed by atoms with van der Waals surface area (Å²) >= 11 is 3.51. The number of esters is 1. The van der Waals surface area contributed by atoms with Crippen molar-refractivity contribution in [3.8, 4) is 0 Å². The molecule has 1 aromatic rings. The molecule has 1 rings (SSSR count). The number of hydrogen-bond acceptors (Lipinski definition) is 3. The van der Waals surface area contributed by atoms with Crippen molar-refractivity contribution < 1.29 is 14.0 Å². The number of benzene rings is 1. The molecule has 0 amide bonds. The van der Waals surface area contributed by atoms with E-state index in [2.05, 4.69) is 35.6 Å². The smallest absolute Gasteiger partial charge is 0.325 e. The van der Waals surface area contributed by atoms with Crippen LogP contribution in [0.3, 0.4) is 0 Å². The van der Waals surface area contributed by atoms with E-state index in [-0.39, 0.29) is 5.97 Å². The van der Waals surface area contributed by atoms with Crippen LogP contribution >= 0.6 is 15.9 Å². The first-order chi connectivity index (χ1) is 9.74. The minimum absolute atomic E-state index is 0.347. The molecule has 0 fully saturated rings. The van der Waals surface area contributed by atoms with Crippen LogP contribution in [0, 0.1) is 0 Å². The van der Waals surface area contributed by atoms with Gasteiger partial charge in [-0.25, -0.2) is 0 Å². The van der Waals surface area contributed by atoms with E-state index < -0.39 is 18.7 Å². The van der Waals surface area contributed by atoms with Gasteiger partial charge in [0.25, 0.3) is 0 Å². The monoisotopic (exact) mass is 370 g/mol. The average Bonchev–Trinajstić information content (AvgIpc) is 2.44. The Morgan fingerprint density at radius 3 is 2.48 bits per heavy atom. The van der Waals surface area contributed by atoms with Gasteiger partial charge in [0.1, 0.15) is 4.32 Å². The largest absolute Gasteiger partial charge is 0.468 e. The Morgan fingerprint density at radius 2 is 2.00 bits per heavy atom. The number of allylic oxidation sites excluding steroid dienone is 1. The molecule has 0 aliphatic rings. The SMILES string of the molecule is C=CC[Si](C)(C)O[C@@H](c1ccccc1)C(C)(Br)C(=O)OC. The highest BCUT2D eigenvalue weighted by Crippen LogP contribution is 2.40. The van der Waals surface area contributed by atoms with Gasteiger partial charge >= 0.3 is 5.97 Å². The van der Waals surface area contributed by atoms with Crippen molar-refractivity contribution >= 4 is 30.2 Å². The minimum atomic E-state index is -1.97. The lowest BCUT2D eigenvalue weighted by molar-refractivity contribution is -0.145. The first kappa shape index (κ1) is 18.1. The molecule has 0 saturated carbocycles. The fraction of sp³-hybridized carbons (Fsp3) is 0.438. The summed E-state index contributed by atoms with van der Waals surface area (Å²) in [5.74, 6) is -0.347. The number of methoxy groups -OCH3 is 1. The van der Waals surface area contributed by atoms with Crippen LogP contribution in [0.2, 0.25) is 19.1 Å². The predicted molar refractivity (Wildman–Crippen MR) is 92.1 cm³/mol. The Morgan fingerprint density at radius 1 is 1.43 bits per heavy atom. The second kappa shape index (κ2) is 7.38. The molecule has 0 radical (unpaired) electrons. The Labute approximate surface area is 136 Å². The highest BCUT2D eigenvalue weighted by Gasteiger charge is 2.44. The summed E-state index contributed by atoms with van der Waals surface area (Å²) in [6, 6.07) is 10.6. The second-order valence-electron chi connectivity index (χ2n) is 5.73. The predicted octanol–water partition coefficient (Wildman–Crippen LogP) is 4.46. The number of ether oxygens (including phenoxy) is 1. The van der Waals surface area contributed by atoms with Gasteiger partial charge in [-0.05, 0) is 31.6 Å². The number of halogens is 1. The van der Waals surface area contributed by atoms with Crippen LogP contribution in [0.25, 0.3) is 0 Å². The minimum Gasteiger partial charge on any atom is -0.468 e. The molecule has 1 aromatic carbocycles. The lowest BCUT2D eigenvalue weighted by atomic mass is 9.97. The molecule has 0 spiro atoms. The molecule has 1 unspecified atom stereocenters. The van der Waals surface area contributed by atoms with Gasteiger partial charge in [-0.3, -0.25) is 4.79 Å². The van der Waals surface area contributed by atoms with Crippen molar-refractivity contribution in [3.63, 3.8) is 0 Å². The van der Waals surface area contributed by atoms with Crippen LogP contribution in [0.4, 0.5) is 0 Å². The van der Waals surface area contributed by atoms with Gasteiger partial charge < -0.3 is 9.16 Å². The molecular formula is C16H23BrO3Si. The molecule has 0 bridgehead atoms. The summed E-state index contributed by atoms with van der Waals surface area (Å²) in [5.41, 5.74) is 0.951. The lowest BCUT2D eigenvalue weighted by Gasteiger charge is -2.36. The maximum Gasteiger partial charge on any atom is 0.325 e. The summed E-state index contributed by atoms with van der Waals surface area (Å²) in [5, 5.41) is 0. The van der Waals surface area contributed by atoms with Crippen molar-refractivity contribution in [2.24, 2.45) is 0 Å². The maximum atomic E-state index is 12.1. The Hall–Kier alpha value is -0.913. The van der Waals surface area contributed by atoms with E-state index in [0.717, 1.165) is 11.6 Å². The first-order valence-corrected chi connectivity index (χ1v) is 10.8. The Kier molecular flexibility index (Phi) is 6.37. The first-order valence-electron chi connectivity index (χ1n) is 6.85. The zero-order valence-corrected chi connectivity index (χ0v) is 15.6. The van der Waals surface area contributed by atoms with Crippen molar-refractivity contribution in [1.82, 2.24) is 0 Å². The van der Waals surface area contributed by atoms with Gasteiger partial charge in [-0.2, -0.15) is 0 Å². The molecular weight excluding hydrogens is 348 g/mol. The van der Waals surface area contributed by atoms with Crippen LogP contribution < -0.4 is 0 Å². The lowest BCUT2D eigenvalue weighted by Crippen LogP contribution is -2.43. The van der Waals surface area contributed by atoms with E-state index in [0.29, 0.717) is 0 Å². The third kappa shape index (κ3) is 4.80. The van der Waals surface area contributed by atoms with Crippen molar-refractivity contribution in [1.29, 1.82) is 0 Å². The summed E-state index contributed by atoms with van der Waals surface area (Å²) < 4.78 is 10.4. The fourth-order valence-electron chi connectivity index (χ4n) is 2.14. The number of carbonyl (C=O) groups is 1. The highest BCUT2D eigenvalue weighted by atomic mass is 79.9. The van der Waals surface area contributed by atoms with E-state index >= 15 is 0 Å². The third-order valence-corrected chi connectivity index (χ3v) is 6.14. The molecule has 5 heteroatoms. The molecule has 0 saturated heterocycles. The number of hydrogen-bond donors (Lipinski definition) is 0. The van der Waals surface area contributed by atoms with E-state index in [1.54, 1.807) is 6.92 Å². The van der Waals surface area contributed by atoms with Crippen molar-refractivity contribution in [2.45, 2.75) is 36.5 Å².